The summed E-state index contributed by atoms with van der Waals surface area (Å²) in [6.07, 6.45) is 4.64. The van der Waals surface area contributed by atoms with Crippen molar-refractivity contribution in [2.75, 3.05) is 18.0 Å². The molecule has 0 saturated carbocycles. The van der Waals surface area contributed by atoms with Gasteiger partial charge in [0.05, 0.1) is 22.1 Å². The number of nitriles is 1. The molecule has 3 aromatic heterocycles. The highest BCUT2D eigenvalue weighted by molar-refractivity contribution is 6.38. The van der Waals surface area contributed by atoms with Crippen LogP contribution in [0.15, 0.2) is 54.9 Å². The van der Waals surface area contributed by atoms with Crippen LogP contribution in [0.2, 0.25) is 5.02 Å². The molecule has 9 heteroatoms. The van der Waals surface area contributed by atoms with Gasteiger partial charge in [0.2, 0.25) is 5.95 Å². The Balaban J connectivity index is 1.36. The van der Waals surface area contributed by atoms with Crippen molar-refractivity contribution in [1.29, 1.82) is 5.26 Å². The van der Waals surface area contributed by atoms with Gasteiger partial charge in [-0.05, 0) is 24.5 Å². The van der Waals surface area contributed by atoms with E-state index in [4.69, 9.17) is 26.4 Å². The number of rotatable bonds is 3. The van der Waals surface area contributed by atoms with Crippen molar-refractivity contribution >= 4 is 39.5 Å². The van der Waals surface area contributed by atoms with Gasteiger partial charge in [-0.3, -0.25) is 4.68 Å². The minimum absolute atomic E-state index is 0.225. The molecule has 0 radical (unpaired) electrons. The van der Waals surface area contributed by atoms with Gasteiger partial charge in [0.15, 0.2) is 5.69 Å². The first-order valence-corrected chi connectivity index (χ1v) is 11.6. The van der Waals surface area contributed by atoms with Crippen LogP contribution >= 0.6 is 11.6 Å². The molecule has 5 aromatic rings. The van der Waals surface area contributed by atoms with Crippen LogP contribution in [0.25, 0.3) is 33.1 Å². The van der Waals surface area contributed by atoms with Gasteiger partial charge in [0.25, 0.3) is 0 Å². The zero-order chi connectivity index (χ0) is 26.7. The van der Waals surface area contributed by atoms with E-state index < -0.39 is 12.5 Å². The molecular formula is C26H23ClN8. The molecule has 0 unspecified atom stereocenters. The third-order valence-corrected chi connectivity index (χ3v) is 7.30. The molecule has 6 rings (SSSR count). The number of aromatic amines is 1. The number of hydrogen-bond acceptors (Lipinski definition) is 6. The maximum atomic E-state index is 10.0. The summed E-state index contributed by atoms with van der Waals surface area (Å²) in [6, 6.07) is 15.7. The summed E-state index contributed by atoms with van der Waals surface area (Å²) in [7, 11) is 0. The summed E-state index contributed by atoms with van der Waals surface area (Å²) < 4.78 is 24.0. The highest BCUT2D eigenvalue weighted by Gasteiger charge is 2.33. The topological polar surface area (TPSA) is 112 Å². The predicted molar refractivity (Wildman–Crippen MR) is 137 cm³/mol. The molecule has 174 valence electrons. The van der Waals surface area contributed by atoms with E-state index in [0.29, 0.717) is 57.1 Å². The molecule has 0 bridgehead atoms. The smallest absolute Gasteiger partial charge is 0.228 e. The largest absolute Gasteiger partial charge is 0.345 e. The first kappa shape index (κ1) is 18.4. The van der Waals surface area contributed by atoms with Gasteiger partial charge in [-0.25, -0.2) is 4.98 Å². The summed E-state index contributed by atoms with van der Waals surface area (Å²) in [5.41, 5.74) is 9.85. The van der Waals surface area contributed by atoms with E-state index in [0.717, 1.165) is 23.1 Å². The van der Waals surface area contributed by atoms with Gasteiger partial charge in [0, 0.05) is 52.4 Å². The maximum absolute atomic E-state index is 10.0. The lowest BCUT2D eigenvalue weighted by Crippen LogP contribution is -2.48. The van der Waals surface area contributed by atoms with Crippen LogP contribution in [0.4, 0.5) is 5.95 Å². The lowest BCUT2D eigenvalue weighted by Gasteiger charge is -2.39. The van der Waals surface area contributed by atoms with Gasteiger partial charge in [0.1, 0.15) is 11.7 Å². The zero-order valence-corrected chi connectivity index (χ0v) is 19.4. The number of nitrogens with two attached hydrogens (primary N) is 1. The van der Waals surface area contributed by atoms with Crippen LogP contribution in [-0.2, 0) is 12.5 Å². The number of benzene rings is 2. The van der Waals surface area contributed by atoms with E-state index in [1.54, 1.807) is 18.3 Å². The molecule has 0 aliphatic carbocycles. The third-order valence-electron chi connectivity index (χ3n) is 6.89. The predicted octanol–water partition coefficient (Wildman–Crippen LogP) is 4.49. The summed E-state index contributed by atoms with van der Waals surface area (Å²) in [5.74, 6) is 0.470. The Labute approximate surface area is 211 Å². The van der Waals surface area contributed by atoms with Crippen LogP contribution in [0.3, 0.4) is 0 Å². The molecule has 0 atom stereocenters. The fraction of sp³-hybridized carbons (Fsp3) is 0.231. The second-order valence-corrected chi connectivity index (χ2v) is 9.21. The fourth-order valence-electron chi connectivity index (χ4n) is 4.90. The van der Waals surface area contributed by atoms with E-state index >= 15 is 0 Å². The molecule has 0 spiro atoms. The normalized spacial score (nSPS) is 17.2. The SMILES string of the molecule is [2H]C([2H])([2H])n1ncc2c(Cl)c(-c3c[nH]c4nc(N5CCC(N)(c6ccccc6)CC5)nc(C#N)c34)ccc21. The Bertz CT molecular complexity index is 1710. The molecular weight excluding hydrogens is 460 g/mol. The third kappa shape index (κ3) is 3.43. The van der Waals surface area contributed by atoms with Gasteiger partial charge in [-0.2, -0.15) is 15.3 Å². The zero-order valence-electron chi connectivity index (χ0n) is 21.7. The standard InChI is InChI=1S/C26H23ClN8/c1-34-21-8-7-17(23(27)19(21)15-31-34)18-14-30-24-22(18)20(13-28)32-25(33-24)35-11-9-26(29,10-12-35)16-5-3-2-4-6-16/h2-8,14-15H,9-12,29H2,1H3,(H,30,32,33)/i1D3. The molecule has 1 saturated heterocycles. The number of hydrogen-bond donors (Lipinski definition) is 2. The molecule has 2 aromatic carbocycles. The van der Waals surface area contributed by atoms with Crippen molar-refractivity contribution in [2.24, 2.45) is 12.7 Å². The minimum atomic E-state index is -2.43. The Morgan fingerprint density at radius 1 is 1.14 bits per heavy atom. The molecule has 35 heavy (non-hydrogen) atoms. The van der Waals surface area contributed by atoms with Gasteiger partial charge >= 0.3 is 0 Å². The molecule has 1 fully saturated rings. The first-order chi connectivity index (χ1) is 18.2. The Morgan fingerprint density at radius 2 is 1.94 bits per heavy atom. The number of aryl methyl sites for hydroxylation is 1. The van der Waals surface area contributed by atoms with E-state index in [-0.39, 0.29) is 5.69 Å². The summed E-state index contributed by atoms with van der Waals surface area (Å²) in [6.45, 7) is -1.11. The number of nitrogens with zero attached hydrogens (tertiary/aromatic N) is 6. The Kier molecular flexibility index (Phi) is 4.25. The van der Waals surface area contributed by atoms with E-state index in [9.17, 15) is 5.26 Å². The van der Waals surface area contributed by atoms with E-state index in [1.807, 2.05) is 18.2 Å². The van der Waals surface area contributed by atoms with Crippen LogP contribution in [0.1, 0.15) is 28.2 Å². The van der Waals surface area contributed by atoms with Gasteiger partial charge < -0.3 is 15.6 Å². The average Bonchev–Trinajstić information content (AvgIpc) is 3.55. The lowest BCUT2D eigenvalue weighted by molar-refractivity contribution is 0.340. The number of piperidine rings is 1. The van der Waals surface area contributed by atoms with Crippen molar-refractivity contribution in [2.45, 2.75) is 18.4 Å². The van der Waals surface area contributed by atoms with Crippen molar-refractivity contribution in [1.82, 2.24) is 24.7 Å². The highest BCUT2D eigenvalue weighted by Crippen LogP contribution is 2.39. The molecule has 0 amide bonds. The monoisotopic (exact) mass is 485 g/mol. The van der Waals surface area contributed by atoms with Crippen LogP contribution in [0, 0.1) is 11.3 Å². The van der Waals surface area contributed by atoms with Gasteiger partial charge in [-0.15, -0.1) is 0 Å². The van der Waals surface area contributed by atoms with Crippen LogP contribution in [-0.4, -0.2) is 37.8 Å². The summed E-state index contributed by atoms with van der Waals surface area (Å²) in [4.78, 5) is 14.6. The number of fused-ring (bicyclic) bond motifs is 2. The highest BCUT2D eigenvalue weighted by atomic mass is 35.5. The van der Waals surface area contributed by atoms with Gasteiger partial charge in [-0.1, -0.05) is 48.0 Å². The Hall–Kier alpha value is -3.93. The number of halogens is 1. The molecule has 8 nitrogen and oxygen atoms in total. The molecule has 3 N–H and O–H groups in total. The summed E-state index contributed by atoms with van der Waals surface area (Å²) in [5, 5.41) is 15.4. The number of anilines is 1. The lowest BCUT2D eigenvalue weighted by atomic mass is 9.82. The molecule has 4 heterocycles. The van der Waals surface area contributed by atoms with Crippen molar-refractivity contribution < 1.29 is 4.11 Å². The van der Waals surface area contributed by atoms with Crippen LogP contribution < -0.4 is 10.6 Å². The number of aromatic nitrogens is 5. The second kappa shape index (κ2) is 8.08. The molecule has 1 aliphatic rings. The molecule has 1 aliphatic heterocycles. The van der Waals surface area contributed by atoms with E-state index in [1.165, 1.54) is 6.20 Å². The van der Waals surface area contributed by atoms with E-state index in [2.05, 4.69) is 38.2 Å². The van der Waals surface area contributed by atoms with Crippen molar-refractivity contribution in [3.8, 4) is 17.2 Å². The van der Waals surface area contributed by atoms with Crippen molar-refractivity contribution in [3.63, 3.8) is 0 Å². The maximum Gasteiger partial charge on any atom is 0.228 e. The quantitative estimate of drug-likeness (QED) is 0.389. The van der Waals surface area contributed by atoms with Crippen LogP contribution in [0.5, 0.6) is 0 Å². The minimum Gasteiger partial charge on any atom is -0.345 e. The first-order valence-electron chi connectivity index (χ1n) is 12.8. The average molecular weight is 486 g/mol. The fourth-order valence-corrected chi connectivity index (χ4v) is 5.21. The summed E-state index contributed by atoms with van der Waals surface area (Å²) >= 11 is 6.73. The number of H-pyrrole nitrogens is 1. The second-order valence-electron chi connectivity index (χ2n) is 8.84. The van der Waals surface area contributed by atoms with Crippen molar-refractivity contribution in [3.05, 3.63) is 71.1 Å². The number of nitrogens with one attached hydrogen (secondary N) is 1. The Morgan fingerprint density at radius 3 is 2.69 bits per heavy atom.